The molecule has 2 saturated heterocycles. The van der Waals surface area contributed by atoms with Crippen molar-refractivity contribution in [1.29, 1.82) is 0 Å². The standard InChI is InChI=1S/C23H25NO5/c1-27-21(25)19-10-8-17(9-11-19)20-16-23(12-5-15-28-23)13-14-24(20)29-22(26)18-6-3-2-4-7-18/h2-4,6-11,20H,5,12-16H2,1H3. The van der Waals surface area contributed by atoms with E-state index in [9.17, 15) is 9.59 Å². The summed E-state index contributed by atoms with van der Waals surface area (Å²) in [6.07, 6.45) is 3.64. The first-order chi connectivity index (χ1) is 14.1. The zero-order valence-electron chi connectivity index (χ0n) is 16.5. The van der Waals surface area contributed by atoms with Crippen LogP contribution in [0.2, 0.25) is 0 Å². The molecule has 2 aliphatic heterocycles. The molecular formula is C23H25NO5. The Hall–Kier alpha value is -2.70. The number of piperidine rings is 1. The second-order valence-corrected chi connectivity index (χ2v) is 7.60. The molecule has 0 amide bonds. The van der Waals surface area contributed by atoms with Crippen LogP contribution in [0.5, 0.6) is 0 Å². The zero-order valence-corrected chi connectivity index (χ0v) is 16.5. The van der Waals surface area contributed by atoms with Crippen molar-refractivity contribution >= 4 is 11.9 Å². The van der Waals surface area contributed by atoms with Crippen LogP contribution in [0.1, 0.15) is 58.0 Å². The fourth-order valence-corrected chi connectivity index (χ4v) is 4.23. The molecular weight excluding hydrogens is 370 g/mol. The molecule has 152 valence electrons. The molecule has 0 aliphatic carbocycles. The Balaban J connectivity index is 1.57. The van der Waals surface area contributed by atoms with Gasteiger partial charge in [0.1, 0.15) is 0 Å². The molecule has 2 aromatic rings. The van der Waals surface area contributed by atoms with Crippen LogP contribution in [0.15, 0.2) is 54.6 Å². The van der Waals surface area contributed by atoms with Crippen LogP contribution >= 0.6 is 0 Å². The van der Waals surface area contributed by atoms with Gasteiger partial charge in [-0.1, -0.05) is 30.3 Å². The van der Waals surface area contributed by atoms with Crippen LogP contribution in [0.4, 0.5) is 0 Å². The van der Waals surface area contributed by atoms with Gasteiger partial charge < -0.3 is 14.3 Å². The number of hydrogen-bond donors (Lipinski definition) is 0. The lowest BCUT2D eigenvalue weighted by Gasteiger charge is -2.43. The third-order valence-electron chi connectivity index (χ3n) is 5.81. The minimum atomic E-state index is -0.372. The molecule has 2 heterocycles. The monoisotopic (exact) mass is 395 g/mol. The highest BCUT2D eigenvalue weighted by atomic mass is 16.7. The van der Waals surface area contributed by atoms with E-state index < -0.39 is 0 Å². The first-order valence-corrected chi connectivity index (χ1v) is 9.96. The number of carbonyl (C=O) groups excluding carboxylic acids is 2. The van der Waals surface area contributed by atoms with Gasteiger partial charge in [-0.25, -0.2) is 9.59 Å². The molecule has 2 unspecified atom stereocenters. The average molecular weight is 395 g/mol. The topological polar surface area (TPSA) is 65.1 Å². The summed E-state index contributed by atoms with van der Waals surface area (Å²) in [5.41, 5.74) is 1.82. The summed E-state index contributed by atoms with van der Waals surface area (Å²) in [4.78, 5) is 30.2. The van der Waals surface area contributed by atoms with E-state index in [2.05, 4.69) is 0 Å². The van der Waals surface area contributed by atoms with Gasteiger partial charge in [0.15, 0.2) is 0 Å². The maximum atomic E-state index is 12.6. The van der Waals surface area contributed by atoms with Gasteiger partial charge in [-0.2, -0.15) is 0 Å². The van der Waals surface area contributed by atoms with E-state index in [-0.39, 0.29) is 23.6 Å². The third-order valence-corrected chi connectivity index (χ3v) is 5.81. The molecule has 0 N–H and O–H groups in total. The van der Waals surface area contributed by atoms with E-state index in [1.807, 2.05) is 30.3 Å². The van der Waals surface area contributed by atoms with Crippen LogP contribution in [0, 0.1) is 0 Å². The Morgan fingerprint density at radius 2 is 1.72 bits per heavy atom. The smallest absolute Gasteiger partial charge is 0.357 e. The van der Waals surface area contributed by atoms with E-state index >= 15 is 0 Å². The molecule has 2 atom stereocenters. The van der Waals surface area contributed by atoms with Crippen molar-refractivity contribution in [3.05, 3.63) is 71.3 Å². The minimum absolute atomic E-state index is 0.138. The first kappa shape index (κ1) is 19.6. The molecule has 0 saturated carbocycles. The summed E-state index contributed by atoms with van der Waals surface area (Å²) in [6, 6.07) is 16.1. The molecule has 29 heavy (non-hydrogen) atoms. The minimum Gasteiger partial charge on any atom is -0.465 e. The Kier molecular flexibility index (Phi) is 5.65. The van der Waals surface area contributed by atoms with Crippen LogP contribution in [-0.4, -0.2) is 42.9 Å². The van der Waals surface area contributed by atoms with Gasteiger partial charge in [0.05, 0.1) is 29.9 Å². The lowest BCUT2D eigenvalue weighted by Crippen LogP contribution is -2.46. The van der Waals surface area contributed by atoms with Crippen LogP contribution in [-0.2, 0) is 14.3 Å². The van der Waals surface area contributed by atoms with Gasteiger partial charge in [-0.15, -0.1) is 5.06 Å². The summed E-state index contributed by atoms with van der Waals surface area (Å²) in [7, 11) is 1.36. The summed E-state index contributed by atoms with van der Waals surface area (Å²) in [5.74, 6) is -0.742. The number of esters is 1. The Morgan fingerprint density at radius 3 is 2.38 bits per heavy atom. The van der Waals surface area contributed by atoms with Gasteiger partial charge in [0.2, 0.25) is 0 Å². The molecule has 2 aromatic carbocycles. The van der Waals surface area contributed by atoms with E-state index in [4.69, 9.17) is 14.3 Å². The van der Waals surface area contributed by atoms with Gasteiger partial charge in [0, 0.05) is 13.2 Å². The van der Waals surface area contributed by atoms with Crippen LogP contribution in [0.25, 0.3) is 0 Å². The largest absolute Gasteiger partial charge is 0.465 e. The normalized spacial score (nSPS) is 24.4. The molecule has 2 fully saturated rings. The SMILES string of the molecule is COC(=O)c1ccc(C2CC3(CCCO3)CCN2OC(=O)c2ccccc2)cc1. The highest BCUT2D eigenvalue weighted by Gasteiger charge is 2.44. The van der Waals surface area contributed by atoms with Crippen molar-refractivity contribution in [2.75, 3.05) is 20.3 Å². The lowest BCUT2D eigenvalue weighted by molar-refractivity contribution is -0.189. The number of methoxy groups -OCH3 is 1. The molecule has 1 spiro atoms. The number of hydroxylamine groups is 2. The van der Waals surface area contributed by atoms with Crippen molar-refractivity contribution < 1.29 is 23.9 Å². The molecule has 0 aromatic heterocycles. The van der Waals surface area contributed by atoms with Crippen LogP contribution in [0.3, 0.4) is 0 Å². The number of rotatable bonds is 4. The van der Waals surface area contributed by atoms with Crippen molar-refractivity contribution in [2.24, 2.45) is 0 Å². The van der Waals surface area contributed by atoms with Crippen LogP contribution < -0.4 is 0 Å². The quantitative estimate of drug-likeness (QED) is 0.731. The van der Waals surface area contributed by atoms with E-state index in [0.717, 1.165) is 37.9 Å². The maximum absolute atomic E-state index is 12.6. The number of ether oxygens (including phenoxy) is 2. The predicted octanol–water partition coefficient (Wildman–Crippen LogP) is 3.93. The summed E-state index contributed by atoms with van der Waals surface area (Å²) < 4.78 is 10.9. The molecule has 0 radical (unpaired) electrons. The van der Waals surface area contributed by atoms with Crippen molar-refractivity contribution in [3.8, 4) is 0 Å². The zero-order chi connectivity index (χ0) is 20.3. The Labute approximate surface area is 170 Å². The van der Waals surface area contributed by atoms with Gasteiger partial charge in [0.25, 0.3) is 0 Å². The van der Waals surface area contributed by atoms with E-state index in [0.29, 0.717) is 17.7 Å². The summed E-state index contributed by atoms with van der Waals surface area (Å²) >= 11 is 0. The second-order valence-electron chi connectivity index (χ2n) is 7.60. The number of carbonyl (C=O) groups is 2. The summed E-state index contributed by atoms with van der Waals surface area (Å²) in [5, 5.41) is 1.76. The highest BCUT2D eigenvalue weighted by Crippen LogP contribution is 2.44. The summed E-state index contributed by atoms with van der Waals surface area (Å²) in [6.45, 7) is 1.37. The number of hydrogen-bond acceptors (Lipinski definition) is 6. The third kappa shape index (κ3) is 4.18. The predicted molar refractivity (Wildman–Crippen MR) is 106 cm³/mol. The van der Waals surface area contributed by atoms with Crippen molar-refractivity contribution in [2.45, 2.75) is 37.3 Å². The van der Waals surface area contributed by atoms with Crippen molar-refractivity contribution in [3.63, 3.8) is 0 Å². The molecule has 6 heteroatoms. The molecule has 0 bridgehead atoms. The Bertz CT molecular complexity index is 859. The second kappa shape index (κ2) is 8.35. The van der Waals surface area contributed by atoms with Gasteiger partial charge in [-0.3, -0.25) is 0 Å². The van der Waals surface area contributed by atoms with Crippen molar-refractivity contribution in [1.82, 2.24) is 5.06 Å². The molecule has 2 aliphatic rings. The number of benzene rings is 2. The maximum Gasteiger partial charge on any atom is 0.357 e. The van der Waals surface area contributed by atoms with Gasteiger partial charge >= 0.3 is 11.9 Å². The Morgan fingerprint density at radius 1 is 1.00 bits per heavy atom. The highest BCUT2D eigenvalue weighted by molar-refractivity contribution is 5.89. The average Bonchev–Trinajstić information content (AvgIpc) is 3.23. The van der Waals surface area contributed by atoms with E-state index in [1.165, 1.54) is 7.11 Å². The van der Waals surface area contributed by atoms with E-state index in [1.54, 1.807) is 29.3 Å². The molecule has 6 nitrogen and oxygen atoms in total. The molecule has 4 rings (SSSR count). The first-order valence-electron chi connectivity index (χ1n) is 9.96. The fourth-order valence-electron chi connectivity index (χ4n) is 4.23. The lowest BCUT2D eigenvalue weighted by atomic mass is 9.82. The van der Waals surface area contributed by atoms with Gasteiger partial charge in [-0.05, 0) is 55.5 Å². The number of nitrogens with zero attached hydrogens (tertiary/aromatic N) is 1. The fraction of sp³-hybridized carbons (Fsp3) is 0.391.